The molecule has 5 fully saturated rings. The van der Waals surface area contributed by atoms with Crippen LogP contribution in [0.4, 0.5) is 0 Å². The monoisotopic (exact) mass is 378 g/mol. The molecule has 0 aromatic heterocycles. The van der Waals surface area contributed by atoms with Crippen LogP contribution in [0, 0.1) is 40.4 Å². The number of fused-ring (bicyclic) bond motifs is 5. The van der Waals surface area contributed by atoms with Gasteiger partial charge in [-0.15, -0.1) is 0 Å². The Morgan fingerprint density at radius 3 is 2.37 bits per heavy atom. The SMILES string of the molecule is C[C@H](O)[C@H]1CC[C@H]2[C@@H]3CCC4CC5(CC[C@]4(C)[C@H]3[C@@H](O)C[C@]12C)OCCO5. The lowest BCUT2D eigenvalue weighted by atomic mass is 9.43. The van der Waals surface area contributed by atoms with Crippen molar-refractivity contribution in [1.29, 1.82) is 0 Å². The van der Waals surface area contributed by atoms with Gasteiger partial charge in [0.2, 0.25) is 0 Å². The van der Waals surface area contributed by atoms with Crippen molar-refractivity contribution in [2.24, 2.45) is 40.4 Å². The van der Waals surface area contributed by atoms with Gasteiger partial charge in [-0.2, -0.15) is 0 Å². The summed E-state index contributed by atoms with van der Waals surface area (Å²) in [5.74, 6) is 2.30. The summed E-state index contributed by atoms with van der Waals surface area (Å²) in [4.78, 5) is 0. The first-order valence-electron chi connectivity index (χ1n) is 11.4. The van der Waals surface area contributed by atoms with Gasteiger partial charge in [0.15, 0.2) is 5.79 Å². The van der Waals surface area contributed by atoms with Crippen LogP contribution in [0.1, 0.15) is 72.1 Å². The zero-order chi connectivity index (χ0) is 19.0. The van der Waals surface area contributed by atoms with Gasteiger partial charge in [-0.25, -0.2) is 0 Å². The van der Waals surface area contributed by atoms with E-state index in [-0.39, 0.29) is 28.8 Å². The molecular weight excluding hydrogens is 340 g/mol. The first-order valence-corrected chi connectivity index (χ1v) is 11.4. The van der Waals surface area contributed by atoms with Crippen molar-refractivity contribution in [3.8, 4) is 0 Å². The zero-order valence-corrected chi connectivity index (χ0v) is 17.3. The molecule has 27 heavy (non-hydrogen) atoms. The molecule has 4 saturated carbocycles. The Kier molecular flexibility index (Phi) is 4.30. The van der Waals surface area contributed by atoms with Gasteiger partial charge in [-0.3, -0.25) is 0 Å². The summed E-state index contributed by atoms with van der Waals surface area (Å²) >= 11 is 0. The van der Waals surface area contributed by atoms with Gasteiger partial charge in [-0.1, -0.05) is 13.8 Å². The summed E-state index contributed by atoms with van der Waals surface area (Å²) in [6.07, 6.45) is 8.30. The van der Waals surface area contributed by atoms with Crippen LogP contribution < -0.4 is 0 Å². The Morgan fingerprint density at radius 1 is 0.926 bits per heavy atom. The van der Waals surface area contributed by atoms with Crippen LogP contribution in [0.2, 0.25) is 0 Å². The minimum Gasteiger partial charge on any atom is -0.393 e. The zero-order valence-electron chi connectivity index (χ0n) is 17.3. The molecule has 4 aliphatic carbocycles. The summed E-state index contributed by atoms with van der Waals surface area (Å²) in [6, 6.07) is 0. The highest BCUT2D eigenvalue weighted by atomic mass is 16.7. The third-order valence-electron chi connectivity index (χ3n) is 10.1. The quantitative estimate of drug-likeness (QED) is 0.730. The molecule has 0 aromatic rings. The highest BCUT2D eigenvalue weighted by molar-refractivity contribution is 5.13. The van der Waals surface area contributed by atoms with Crippen molar-refractivity contribution in [1.82, 2.24) is 0 Å². The van der Waals surface area contributed by atoms with Crippen molar-refractivity contribution in [3.63, 3.8) is 0 Å². The Balaban J connectivity index is 1.43. The third kappa shape index (κ3) is 2.55. The van der Waals surface area contributed by atoms with Gasteiger partial charge in [0, 0.05) is 12.8 Å². The number of hydrogen-bond acceptors (Lipinski definition) is 4. The molecular formula is C23H38O4. The molecule has 154 valence electrons. The van der Waals surface area contributed by atoms with Crippen LogP contribution >= 0.6 is 0 Å². The number of aliphatic hydroxyl groups is 2. The molecule has 1 spiro atoms. The molecule has 2 N–H and O–H groups in total. The van der Waals surface area contributed by atoms with Crippen molar-refractivity contribution in [2.45, 2.75) is 90.1 Å². The van der Waals surface area contributed by atoms with Crippen molar-refractivity contribution in [2.75, 3.05) is 13.2 Å². The van der Waals surface area contributed by atoms with Gasteiger partial charge >= 0.3 is 0 Å². The Bertz CT molecular complexity index is 585. The summed E-state index contributed by atoms with van der Waals surface area (Å²) in [5.41, 5.74) is 0.304. The maximum Gasteiger partial charge on any atom is 0.168 e. The molecule has 4 heteroatoms. The predicted octanol–water partition coefficient (Wildman–Crippen LogP) is 3.74. The maximum absolute atomic E-state index is 11.4. The fourth-order valence-electron chi connectivity index (χ4n) is 8.91. The molecule has 1 unspecified atom stereocenters. The van der Waals surface area contributed by atoms with E-state index in [1.54, 1.807) is 0 Å². The van der Waals surface area contributed by atoms with Gasteiger partial charge in [0.1, 0.15) is 0 Å². The summed E-state index contributed by atoms with van der Waals surface area (Å²) in [7, 11) is 0. The Morgan fingerprint density at radius 2 is 1.67 bits per heavy atom. The molecule has 0 amide bonds. The van der Waals surface area contributed by atoms with Crippen LogP contribution in [0.5, 0.6) is 0 Å². The molecule has 5 rings (SSSR count). The molecule has 0 bridgehead atoms. The van der Waals surface area contributed by atoms with Crippen LogP contribution in [0.3, 0.4) is 0 Å². The summed E-state index contributed by atoms with van der Waals surface area (Å²) in [6.45, 7) is 8.25. The number of ether oxygens (including phenoxy) is 2. The number of rotatable bonds is 1. The van der Waals surface area contributed by atoms with Crippen LogP contribution in [0.25, 0.3) is 0 Å². The second-order valence-electron chi connectivity index (χ2n) is 11.1. The Labute approximate surface area is 164 Å². The van der Waals surface area contributed by atoms with E-state index in [0.29, 0.717) is 29.6 Å². The van der Waals surface area contributed by atoms with E-state index in [1.807, 2.05) is 6.92 Å². The van der Waals surface area contributed by atoms with Gasteiger partial charge in [0.25, 0.3) is 0 Å². The minimum absolute atomic E-state index is 0.103. The van der Waals surface area contributed by atoms with E-state index < -0.39 is 0 Å². The molecule has 0 radical (unpaired) electrons. The normalized spacial score (nSPS) is 55.0. The molecule has 1 saturated heterocycles. The molecule has 9 atom stereocenters. The Hall–Kier alpha value is -0.160. The lowest BCUT2D eigenvalue weighted by Gasteiger charge is -2.63. The second kappa shape index (κ2) is 6.17. The number of aliphatic hydroxyl groups excluding tert-OH is 2. The summed E-state index contributed by atoms with van der Waals surface area (Å²) in [5, 5.41) is 21.8. The molecule has 5 aliphatic rings. The highest BCUT2D eigenvalue weighted by Gasteiger charge is 2.64. The van der Waals surface area contributed by atoms with Crippen molar-refractivity contribution < 1.29 is 19.7 Å². The van der Waals surface area contributed by atoms with Crippen LogP contribution in [0.15, 0.2) is 0 Å². The first kappa shape index (κ1) is 18.8. The molecule has 1 aliphatic heterocycles. The van der Waals surface area contributed by atoms with E-state index in [9.17, 15) is 10.2 Å². The second-order valence-corrected chi connectivity index (χ2v) is 11.1. The predicted molar refractivity (Wildman–Crippen MR) is 103 cm³/mol. The lowest BCUT2D eigenvalue weighted by Crippen LogP contribution is -2.60. The van der Waals surface area contributed by atoms with E-state index in [0.717, 1.165) is 45.3 Å². The highest BCUT2D eigenvalue weighted by Crippen LogP contribution is 2.68. The first-order chi connectivity index (χ1) is 12.8. The van der Waals surface area contributed by atoms with E-state index >= 15 is 0 Å². The summed E-state index contributed by atoms with van der Waals surface area (Å²) < 4.78 is 12.1. The molecule has 1 heterocycles. The topological polar surface area (TPSA) is 58.9 Å². The van der Waals surface area contributed by atoms with Crippen molar-refractivity contribution >= 4 is 0 Å². The van der Waals surface area contributed by atoms with Crippen molar-refractivity contribution in [3.05, 3.63) is 0 Å². The largest absolute Gasteiger partial charge is 0.393 e. The van der Waals surface area contributed by atoms with Crippen LogP contribution in [-0.2, 0) is 9.47 Å². The van der Waals surface area contributed by atoms with E-state index in [4.69, 9.17) is 9.47 Å². The van der Waals surface area contributed by atoms with Gasteiger partial charge < -0.3 is 19.7 Å². The van der Waals surface area contributed by atoms with Gasteiger partial charge in [-0.05, 0) is 85.9 Å². The standard InChI is InChI=1S/C23H38O4/c1-14(24)17-6-7-18-16-5-4-15-12-23(26-10-11-27-23)9-8-21(15,2)20(16)19(25)13-22(17,18)3/h14-20,24-25H,4-13H2,1-3H3/t14-,15?,16-,17+,18-,19-,20+,21-,22+/m0/s1. The van der Waals surface area contributed by atoms with E-state index in [1.165, 1.54) is 19.3 Å². The van der Waals surface area contributed by atoms with Crippen LogP contribution in [-0.4, -0.2) is 41.4 Å². The number of hydrogen-bond donors (Lipinski definition) is 2. The third-order valence-corrected chi connectivity index (χ3v) is 10.1. The molecule has 0 aromatic carbocycles. The minimum atomic E-state index is -0.323. The van der Waals surface area contributed by atoms with Gasteiger partial charge in [0.05, 0.1) is 25.4 Å². The maximum atomic E-state index is 11.4. The fraction of sp³-hybridized carbons (Fsp3) is 1.00. The molecule has 4 nitrogen and oxygen atoms in total. The average molecular weight is 379 g/mol. The lowest BCUT2D eigenvalue weighted by molar-refractivity contribution is -0.243. The van der Waals surface area contributed by atoms with E-state index in [2.05, 4.69) is 13.8 Å². The smallest absolute Gasteiger partial charge is 0.168 e. The fourth-order valence-corrected chi connectivity index (χ4v) is 8.91. The average Bonchev–Trinajstić information content (AvgIpc) is 3.19.